The van der Waals surface area contributed by atoms with Gasteiger partial charge < -0.3 is 10.2 Å². The predicted molar refractivity (Wildman–Crippen MR) is 93.7 cm³/mol. The molecular weight excluding hydrogens is 264 g/mol. The van der Waals surface area contributed by atoms with Crippen molar-refractivity contribution in [3.63, 3.8) is 0 Å². The minimum Gasteiger partial charge on any atom is -0.314 e. The van der Waals surface area contributed by atoms with Crippen LogP contribution in [0.5, 0.6) is 0 Å². The highest BCUT2D eigenvalue weighted by atomic mass is 32.2. The van der Waals surface area contributed by atoms with Crippen LogP contribution in [0.3, 0.4) is 0 Å². The zero-order chi connectivity index (χ0) is 15.0. The van der Waals surface area contributed by atoms with Crippen LogP contribution in [0.1, 0.15) is 52.9 Å². The summed E-state index contributed by atoms with van der Waals surface area (Å²) in [6, 6.07) is 1.49. The fraction of sp³-hybridized carbons (Fsp3) is 1.00. The molecule has 0 heterocycles. The Kier molecular flexibility index (Phi) is 9.23. The molecule has 3 heteroatoms. The SMILES string of the molecule is CCCNC1CCC(C)CC1CN(C)C(CC)CSC. The van der Waals surface area contributed by atoms with E-state index in [0.29, 0.717) is 0 Å². The quantitative estimate of drug-likeness (QED) is 0.696. The molecule has 20 heavy (non-hydrogen) atoms. The Balaban J connectivity index is 2.54. The second-order valence-electron chi connectivity index (χ2n) is 6.70. The van der Waals surface area contributed by atoms with Crippen LogP contribution < -0.4 is 5.32 Å². The Bertz CT molecular complexity index is 245. The molecule has 4 unspecified atom stereocenters. The normalized spacial score (nSPS) is 28.8. The Morgan fingerprint density at radius 1 is 1.30 bits per heavy atom. The summed E-state index contributed by atoms with van der Waals surface area (Å²) in [5, 5.41) is 3.80. The lowest BCUT2D eigenvalue weighted by Crippen LogP contribution is -2.47. The topological polar surface area (TPSA) is 15.3 Å². The monoisotopic (exact) mass is 300 g/mol. The maximum atomic E-state index is 3.80. The highest BCUT2D eigenvalue weighted by Crippen LogP contribution is 2.30. The van der Waals surface area contributed by atoms with Crippen molar-refractivity contribution in [3.05, 3.63) is 0 Å². The van der Waals surface area contributed by atoms with Gasteiger partial charge in [0, 0.05) is 24.4 Å². The molecule has 1 fully saturated rings. The van der Waals surface area contributed by atoms with Gasteiger partial charge in [-0.05, 0) is 63.8 Å². The number of hydrogen-bond donors (Lipinski definition) is 1. The number of nitrogens with zero attached hydrogens (tertiary/aromatic N) is 1. The number of rotatable bonds is 9. The first-order chi connectivity index (χ1) is 9.62. The van der Waals surface area contributed by atoms with Gasteiger partial charge in [-0.2, -0.15) is 11.8 Å². The number of thioether (sulfide) groups is 1. The van der Waals surface area contributed by atoms with Gasteiger partial charge in [-0.15, -0.1) is 0 Å². The third kappa shape index (κ3) is 5.95. The molecule has 0 saturated heterocycles. The molecule has 0 aliphatic heterocycles. The van der Waals surface area contributed by atoms with Gasteiger partial charge in [0.15, 0.2) is 0 Å². The Labute approximate surface area is 131 Å². The van der Waals surface area contributed by atoms with Crippen molar-refractivity contribution in [2.24, 2.45) is 11.8 Å². The lowest BCUT2D eigenvalue weighted by molar-refractivity contribution is 0.139. The summed E-state index contributed by atoms with van der Waals surface area (Å²) in [5.74, 6) is 3.02. The third-order valence-electron chi connectivity index (χ3n) is 4.88. The van der Waals surface area contributed by atoms with Crippen molar-refractivity contribution >= 4 is 11.8 Å². The standard InChI is InChI=1S/C17H36N2S/c1-6-10-18-17-9-8-14(3)11-15(17)12-19(4)16(7-2)13-20-5/h14-18H,6-13H2,1-5H3. The van der Waals surface area contributed by atoms with Crippen LogP contribution in [0.15, 0.2) is 0 Å². The Morgan fingerprint density at radius 3 is 2.65 bits per heavy atom. The van der Waals surface area contributed by atoms with E-state index >= 15 is 0 Å². The van der Waals surface area contributed by atoms with Gasteiger partial charge in [-0.25, -0.2) is 0 Å². The summed E-state index contributed by atoms with van der Waals surface area (Å²) in [6.07, 6.45) is 8.93. The van der Waals surface area contributed by atoms with E-state index in [1.807, 2.05) is 11.8 Å². The molecule has 1 saturated carbocycles. The molecule has 1 aliphatic rings. The molecule has 1 rings (SSSR count). The van der Waals surface area contributed by atoms with Gasteiger partial charge in [-0.3, -0.25) is 0 Å². The Hall–Kier alpha value is 0.270. The second kappa shape index (κ2) is 10.1. The fourth-order valence-electron chi connectivity index (χ4n) is 3.57. The van der Waals surface area contributed by atoms with Crippen LogP contribution in [0.25, 0.3) is 0 Å². The van der Waals surface area contributed by atoms with Crippen molar-refractivity contribution in [1.82, 2.24) is 10.2 Å². The fourth-order valence-corrected chi connectivity index (χ4v) is 4.44. The molecule has 0 radical (unpaired) electrons. The van der Waals surface area contributed by atoms with Crippen molar-refractivity contribution in [2.75, 3.05) is 32.1 Å². The average Bonchev–Trinajstić information content (AvgIpc) is 2.43. The van der Waals surface area contributed by atoms with Gasteiger partial charge >= 0.3 is 0 Å². The summed E-state index contributed by atoms with van der Waals surface area (Å²) in [5.41, 5.74) is 0. The molecule has 1 aliphatic carbocycles. The van der Waals surface area contributed by atoms with Crippen LogP contribution in [0, 0.1) is 11.8 Å². The Morgan fingerprint density at radius 2 is 2.05 bits per heavy atom. The van der Waals surface area contributed by atoms with Crippen molar-refractivity contribution < 1.29 is 0 Å². The van der Waals surface area contributed by atoms with E-state index in [9.17, 15) is 0 Å². The first-order valence-corrected chi connectivity index (χ1v) is 9.94. The summed E-state index contributed by atoms with van der Waals surface area (Å²) >= 11 is 1.98. The minimum absolute atomic E-state index is 0.744. The lowest BCUT2D eigenvalue weighted by atomic mass is 9.78. The minimum atomic E-state index is 0.744. The smallest absolute Gasteiger partial charge is 0.0180 e. The first-order valence-electron chi connectivity index (χ1n) is 8.54. The van der Waals surface area contributed by atoms with E-state index in [0.717, 1.165) is 23.9 Å². The van der Waals surface area contributed by atoms with Gasteiger partial charge in [0.05, 0.1) is 0 Å². The van der Waals surface area contributed by atoms with Gasteiger partial charge in [0.1, 0.15) is 0 Å². The van der Waals surface area contributed by atoms with Crippen molar-refractivity contribution in [1.29, 1.82) is 0 Å². The van der Waals surface area contributed by atoms with Crippen LogP contribution >= 0.6 is 11.8 Å². The van der Waals surface area contributed by atoms with E-state index in [4.69, 9.17) is 0 Å². The molecule has 0 aromatic rings. The zero-order valence-corrected chi connectivity index (χ0v) is 15.1. The van der Waals surface area contributed by atoms with E-state index < -0.39 is 0 Å². The zero-order valence-electron chi connectivity index (χ0n) is 14.3. The molecule has 0 spiro atoms. The number of nitrogens with one attached hydrogen (secondary N) is 1. The molecular formula is C17H36N2S. The summed E-state index contributed by atoms with van der Waals surface area (Å²) < 4.78 is 0. The van der Waals surface area contributed by atoms with E-state index in [-0.39, 0.29) is 0 Å². The second-order valence-corrected chi connectivity index (χ2v) is 7.61. The highest BCUT2D eigenvalue weighted by molar-refractivity contribution is 7.98. The average molecular weight is 301 g/mol. The molecule has 0 amide bonds. The van der Waals surface area contributed by atoms with Crippen LogP contribution in [-0.4, -0.2) is 49.1 Å². The van der Waals surface area contributed by atoms with Crippen LogP contribution in [0.4, 0.5) is 0 Å². The van der Waals surface area contributed by atoms with E-state index in [1.54, 1.807) is 0 Å². The predicted octanol–water partition coefficient (Wildman–Crippen LogP) is 3.86. The van der Waals surface area contributed by atoms with E-state index in [1.165, 1.54) is 50.9 Å². The highest BCUT2D eigenvalue weighted by Gasteiger charge is 2.30. The lowest BCUT2D eigenvalue weighted by Gasteiger charge is -2.39. The summed E-state index contributed by atoms with van der Waals surface area (Å²) in [7, 11) is 2.33. The van der Waals surface area contributed by atoms with E-state index in [2.05, 4.69) is 44.3 Å². The summed E-state index contributed by atoms with van der Waals surface area (Å²) in [6.45, 7) is 9.48. The molecule has 2 nitrogen and oxygen atoms in total. The van der Waals surface area contributed by atoms with Crippen LogP contribution in [0.2, 0.25) is 0 Å². The summed E-state index contributed by atoms with van der Waals surface area (Å²) in [4.78, 5) is 2.62. The molecule has 0 aromatic carbocycles. The molecule has 120 valence electrons. The van der Waals surface area contributed by atoms with Gasteiger partial charge in [0.25, 0.3) is 0 Å². The number of hydrogen-bond acceptors (Lipinski definition) is 3. The molecule has 0 bridgehead atoms. The molecule has 1 N–H and O–H groups in total. The van der Waals surface area contributed by atoms with Gasteiger partial charge in [-0.1, -0.05) is 20.8 Å². The molecule has 4 atom stereocenters. The first kappa shape index (κ1) is 18.3. The third-order valence-corrected chi connectivity index (χ3v) is 5.60. The van der Waals surface area contributed by atoms with Crippen LogP contribution in [-0.2, 0) is 0 Å². The maximum Gasteiger partial charge on any atom is 0.0180 e. The molecule has 0 aromatic heterocycles. The maximum absolute atomic E-state index is 3.80. The van der Waals surface area contributed by atoms with Gasteiger partial charge in [0.2, 0.25) is 0 Å². The largest absolute Gasteiger partial charge is 0.314 e. The van der Waals surface area contributed by atoms with Crippen molar-refractivity contribution in [2.45, 2.75) is 65.0 Å². The van der Waals surface area contributed by atoms with Crippen molar-refractivity contribution in [3.8, 4) is 0 Å².